The number of benzene rings is 2. The summed E-state index contributed by atoms with van der Waals surface area (Å²) in [7, 11) is 1.31. The van der Waals surface area contributed by atoms with Gasteiger partial charge in [-0.3, -0.25) is 9.36 Å². The molecule has 1 aliphatic heterocycles. The fourth-order valence-electron chi connectivity index (χ4n) is 5.48. The highest BCUT2D eigenvalue weighted by molar-refractivity contribution is 5.65. The van der Waals surface area contributed by atoms with Gasteiger partial charge in [0, 0.05) is 24.7 Å². The van der Waals surface area contributed by atoms with Gasteiger partial charge in [0.25, 0.3) is 5.56 Å². The van der Waals surface area contributed by atoms with E-state index in [1.54, 1.807) is 4.90 Å². The van der Waals surface area contributed by atoms with Crippen molar-refractivity contribution in [3.8, 4) is 22.8 Å². The van der Waals surface area contributed by atoms with Gasteiger partial charge in [-0.15, -0.1) is 0 Å². The Bertz CT molecular complexity index is 1410. The van der Waals surface area contributed by atoms with Crippen molar-refractivity contribution in [3.05, 3.63) is 75.6 Å². The van der Waals surface area contributed by atoms with E-state index in [0.717, 1.165) is 29.5 Å². The fourth-order valence-corrected chi connectivity index (χ4v) is 5.48. The number of nitrogens with zero attached hydrogens (tertiary/aromatic N) is 4. The highest BCUT2D eigenvalue weighted by atomic mass is 19.1. The van der Waals surface area contributed by atoms with E-state index >= 15 is 4.39 Å². The second-order valence-electron chi connectivity index (χ2n) is 9.50. The van der Waals surface area contributed by atoms with Gasteiger partial charge in [-0.2, -0.15) is 4.39 Å². The summed E-state index contributed by atoms with van der Waals surface area (Å²) in [6.07, 6.45) is 6.53. The molecule has 186 valence electrons. The van der Waals surface area contributed by atoms with Gasteiger partial charge < -0.3 is 9.64 Å². The van der Waals surface area contributed by atoms with Crippen molar-refractivity contribution in [1.29, 1.82) is 0 Å². The average Bonchev–Trinajstić information content (AvgIpc) is 3.34. The summed E-state index contributed by atoms with van der Waals surface area (Å²) in [6.45, 7) is 8.23. The largest absolute Gasteiger partial charge is 0.494 e. The van der Waals surface area contributed by atoms with Crippen molar-refractivity contribution >= 4 is 11.5 Å². The monoisotopic (exact) mass is 494 g/mol. The van der Waals surface area contributed by atoms with Crippen LogP contribution < -0.4 is 15.2 Å². The number of anilines is 1. The van der Waals surface area contributed by atoms with Gasteiger partial charge in [-0.25, -0.2) is 18.6 Å². The summed E-state index contributed by atoms with van der Waals surface area (Å²) in [5.41, 5.74) is -0.744. The van der Waals surface area contributed by atoms with Crippen molar-refractivity contribution in [2.75, 3.05) is 25.1 Å². The van der Waals surface area contributed by atoms with Crippen LogP contribution in [0.5, 0.6) is 5.75 Å². The molecule has 0 amide bonds. The van der Waals surface area contributed by atoms with Crippen molar-refractivity contribution in [2.45, 2.75) is 38.5 Å². The molecule has 2 fully saturated rings. The topological polar surface area (TPSA) is 51.7 Å². The molecule has 36 heavy (non-hydrogen) atoms. The maximum atomic E-state index is 15.6. The van der Waals surface area contributed by atoms with E-state index in [1.807, 2.05) is 0 Å². The number of hydrogen-bond acceptors (Lipinski definition) is 4. The van der Waals surface area contributed by atoms with Gasteiger partial charge in [0.1, 0.15) is 11.6 Å². The number of ether oxygens (including phenoxy) is 1. The zero-order valence-electron chi connectivity index (χ0n) is 19.9. The van der Waals surface area contributed by atoms with E-state index < -0.39 is 23.0 Å². The Kier molecular flexibility index (Phi) is 6.20. The molecule has 2 aliphatic rings. The predicted octanol–water partition coefficient (Wildman–Crippen LogP) is 6.04. The first-order chi connectivity index (χ1) is 17.4. The number of piperidine rings is 1. The van der Waals surface area contributed by atoms with Gasteiger partial charge in [0.2, 0.25) is 11.5 Å². The van der Waals surface area contributed by atoms with Crippen molar-refractivity contribution < 1.29 is 17.9 Å². The number of hydrogen-bond donors (Lipinski definition) is 0. The van der Waals surface area contributed by atoms with Crippen LogP contribution in [-0.2, 0) is 0 Å². The molecule has 2 heterocycles. The third-order valence-electron chi connectivity index (χ3n) is 7.52. The SMILES string of the molecule is [C-]#[N+]c1ccc(-c2nc(N3CCC4(CCCC4)CC3)c(F)c(=O)n2-c2ccc(OC)c(F)c2)cc1F. The van der Waals surface area contributed by atoms with Crippen molar-refractivity contribution in [2.24, 2.45) is 5.41 Å². The Morgan fingerprint density at radius 2 is 1.72 bits per heavy atom. The first-order valence-corrected chi connectivity index (χ1v) is 11.9. The zero-order valence-corrected chi connectivity index (χ0v) is 19.9. The minimum absolute atomic E-state index is 0.0180. The molecule has 0 unspecified atom stereocenters. The Hall–Kier alpha value is -3.80. The molecule has 2 aromatic carbocycles. The summed E-state index contributed by atoms with van der Waals surface area (Å²) in [5, 5.41) is 0. The molecule has 3 aromatic rings. The minimum Gasteiger partial charge on any atom is -0.494 e. The van der Waals surface area contributed by atoms with E-state index in [2.05, 4.69) is 9.83 Å². The first kappa shape index (κ1) is 23.9. The third-order valence-corrected chi connectivity index (χ3v) is 7.52. The van der Waals surface area contributed by atoms with Gasteiger partial charge in [0.15, 0.2) is 17.4 Å². The molecule has 1 aromatic heterocycles. The maximum Gasteiger partial charge on any atom is 0.296 e. The lowest BCUT2D eigenvalue weighted by atomic mass is 9.77. The number of halogens is 3. The van der Waals surface area contributed by atoms with Crippen molar-refractivity contribution in [3.63, 3.8) is 0 Å². The van der Waals surface area contributed by atoms with Crippen LogP contribution in [0.3, 0.4) is 0 Å². The lowest BCUT2D eigenvalue weighted by Gasteiger charge is -2.40. The van der Waals surface area contributed by atoms with Crippen LogP contribution in [0.2, 0.25) is 0 Å². The molecule has 1 spiro atoms. The second kappa shape index (κ2) is 9.34. The van der Waals surface area contributed by atoms with E-state index in [0.29, 0.717) is 13.1 Å². The number of aromatic nitrogens is 2. The van der Waals surface area contributed by atoms with Crippen LogP contribution in [0.15, 0.2) is 41.2 Å². The molecule has 0 bridgehead atoms. The minimum atomic E-state index is -1.05. The molecule has 6 nitrogen and oxygen atoms in total. The standard InChI is InChI=1S/C27H25F3N4O2/c1-31-21-7-5-17(15-19(21)28)24-32-25(33-13-11-27(12-14-33)9-3-4-10-27)23(30)26(35)34(24)18-6-8-22(36-2)20(29)16-18/h5-8,15-16H,3-4,9-14H2,2H3. The smallest absolute Gasteiger partial charge is 0.296 e. The first-order valence-electron chi connectivity index (χ1n) is 11.9. The zero-order chi connectivity index (χ0) is 25.4. The Morgan fingerprint density at radius 1 is 1.00 bits per heavy atom. The molecule has 1 saturated carbocycles. The lowest BCUT2D eigenvalue weighted by molar-refractivity contribution is 0.225. The highest BCUT2D eigenvalue weighted by Crippen LogP contribution is 2.46. The molecular weight excluding hydrogens is 469 g/mol. The van der Waals surface area contributed by atoms with Crippen LogP contribution in [0, 0.1) is 29.4 Å². The van der Waals surface area contributed by atoms with Crippen LogP contribution in [-0.4, -0.2) is 29.8 Å². The van der Waals surface area contributed by atoms with Crippen LogP contribution in [0.25, 0.3) is 21.9 Å². The number of rotatable bonds is 4. The van der Waals surface area contributed by atoms with Gasteiger partial charge >= 0.3 is 0 Å². The Labute approximate surface area is 206 Å². The molecule has 0 N–H and O–H groups in total. The highest BCUT2D eigenvalue weighted by Gasteiger charge is 2.38. The van der Waals surface area contributed by atoms with Crippen LogP contribution >= 0.6 is 0 Å². The molecule has 1 aliphatic carbocycles. The summed E-state index contributed by atoms with van der Waals surface area (Å²) >= 11 is 0. The van der Waals surface area contributed by atoms with E-state index in [4.69, 9.17) is 11.3 Å². The Balaban J connectivity index is 1.65. The van der Waals surface area contributed by atoms with Crippen LogP contribution in [0.4, 0.5) is 24.7 Å². The summed E-state index contributed by atoms with van der Waals surface area (Å²) in [4.78, 5) is 22.8. The summed E-state index contributed by atoms with van der Waals surface area (Å²) < 4.78 is 50.5. The predicted molar refractivity (Wildman–Crippen MR) is 130 cm³/mol. The van der Waals surface area contributed by atoms with Gasteiger partial charge in [-0.05, 0) is 49.3 Å². The normalized spacial score (nSPS) is 16.8. The Morgan fingerprint density at radius 3 is 2.33 bits per heavy atom. The lowest BCUT2D eigenvalue weighted by Crippen LogP contribution is -2.41. The van der Waals surface area contributed by atoms with E-state index in [1.165, 1.54) is 57.1 Å². The second-order valence-corrected chi connectivity index (χ2v) is 9.50. The molecule has 0 atom stereocenters. The third kappa shape index (κ3) is 4.11. The molecular formula is C27H25F3N4O2. The molecule has 9 heteroatoms. The quantitative estimate of drug-likeness (QED) is 0.415. The van der Waals surface area contributed by atoms with Gasteiger partial charge in [0.05, 0.1) is 19.4 Å². The summed E-state index contributed by atoms with van der Waals surface area (Å²) in [6, 6.07) is 7.57. The van der Waals surface area contributed by atoms with Gasteiger partial charge in [-0.1, -0.05) is 25.0 Å². The molecule has 5 rings (SSSR count). The van der Waals surface area contributed by atoms with E-state index in [-0.39, 0.29) is 39.7 Å². The summed E-state index contributed by atoms with van der Waals surface area (Å²) in [5.74, 6) is -2.77. The average molecular weight is 495 g/mol. The molecule has 1 saturated heterocycles. The molecule has 0 radical (unpaired) electrons. The number of methoxy groups -OCH3 is 1. The van der Waals surface area contributed by atoms with E-state index in [9.17, 15) is 13.6 Å². The van der Waals surface area contributed by atoms with Crippen molar-refractivity contribution in [1.82, 2.24) is 9.55 Å². The van der Waals surface area contributed by atoms with Crippen LogP contribution in [0.1, 0.15) is 38.5 Å². The fraction of sp³-hybridized carbons (Fsp3) is 0.370. The maximum absolute atomic E-state index is 15.6.